The maximum absolute atomic E-state index is 5.33. The van der Waals surface area contributed by atoms with Crippen molar-refractivity contribution in [3.63, 3.8) is 0 Å². The van der Waals surface area contributed by atoms with E-state index in [0.29, 0.717) is 5.95 Å². The number of nitrogen functional groups attached to an aromatic ring is 1. The summed E-state index contributed by atoms with van der Waals surface area (Å²) >= 11 is 3.18. The lowest BCUT2D eigenvalue weighted by Gasteiger charge is -2.03. The van der Waals surface area contributed by atoms with Crippen molar-refractivity contribution in [3.05, 3.63) is 36.0 Å². The number of thiazole rings is 1. The van der Waals surface area contributed by atoms with Crippen LogP contribution in [0.25, 0.3) is 10.2 Å². The Hall–Kier alpha value is -1.70. The molecule has 0 saturated heterocycles. The number of fused-ring (bicyclic) bond motifs is 1. The van der Waals surface area contributed by atoms with Crippen molar-refractivity contribution in [2.75, 3.05) is 5.43 Å². The van der Waals surface area contributed by atoms with Gasteiger partial charge in [-0.15, -0.1) is 11.3 Å². The number of anilines is 1. The molecule has 3 aromatic rings. The lowest BCUT2D eigenvalue weighted by Crippen LogP contribution is -2.10. The molecule has 7 heteroatoms. The van der Waals surface area contributed by atoms with Crippen LogP contribution >= 0.6 is 23.1 Å². The second kappa shape index (κ2) is 5.12. The fourth-order valence-corrected chi connectivity index (χ4v) is 3.60. The molecule has 0 radical (unpaired) electrons. The van der Waals surface area contributed by atoms with E-state index in [-0.39, 0.29) is 0 Å². The van der Waals surface area contributed by atoms with E-state index in [1.165, 1.54) is 16.5 Å². The summed E-state index contributed by atoms with van der Waals surface area (Å²) in [5.74, 6) is 5.74. The number of nitrogens with zero attached hydrogens (tertiary/aromatic N) is 3. The summed E-state index contributed by atoms with van der Waals surface area (Å²) < 4.78 is 2.14. The predicted molar refractivity (Wildman–Crippen MR) is 78.3 cm³/mol. The van der Waals surface area contributed by atoms with Gasteiger partial charge < -0.3 is 0 Å². The van der Waals surface area contributed by atoms with Crippen LogP contribution in [0.5, 0.6) is 0 Å². The minimum absolute atomic E-state index is 0.411. The largest absolute Gasteiger partial charge is 0.292 e. The van der Waals surface area contributed by atoms with Crippen molar-refractivity contribution < 1.29 is 0 Å². The van der Waals surface area contributed by atoms with Gasteiger partial charge in [-0.1, -0.05) is 12.1 Å². The molecule has 2 aromatic heterocycles. The third kappa shape index (κ3) is 2.53. The first-order chi connectivity index (χ1) is 9.26. The average Bonchev–Trinajstić information content (AvgIpc) is 2.83. The Morgan fingerprint density at radius 2 is 2.11 bits per heavy atom. The number of hydrogen-bond donors (Lipinski definition) is 2. The highest BCUT2D eigenvalue weighted by Gasteiger charge is 2.09. The smallest absolute Gasteiger partial charge is 0.238 e. The average molecular weight is 289 g/mol. The van der Waals surface area contributed by atoms with Crippen LogP contribution in [0.3, 0.4) is 0 Å². The van der Waals surface area contributed by atoms with Crippen LogP contribution in [0.15, 0.2) is 39.8 Å². The molecule has 0 spiro atoms. The zero-order chi connectivity index (χ0) is 13.2. The molecule has 3 N–H and O–H groups in total. The number of benzene rings is 1. The Morgan fingerprint density at radius 3 is 2.89 bits per heavy atom. The van der Waals surface area contributed by atoms with E-state index in [2.05, 4.69) is 26.4 Å². The summed E-state index contributed by atoms with van der Waals surface area (Å²) in [6.45, 7) is 1.97. The molecule has 0 bridgehead atoms. The van der Waals surface area contributed by atoms with E-state index in [1.54, 1.807) is 17.5 Å². The van der Waals surface area contributed by atoms with Gasteiger partial charge in [-0.2, -0.15) is 0 Å². The first kappa shape index (κ1) is 12.3. The van der Waals surface area contributed by atoms with Gasteiger partial charge in [0, 0.05) is 11.8 Å². The van der Waals surface area contributed by atoms with Crippen LogP contribution in [0.4, 0.5) is 5.95 Å². The monoisotopic (exact) mass is 289 g/mol. The predicted octanol–water partition coefficient (Wildman–Crippen LogP) is 2.83. The van der Waals surface area contributed by atoms with Gasteiger partial charge >= 0.3 is 0 Å². The number of nitrogens with one attached hydrogen (secondary N) is 1. The van der Waals surface area contributed by atoms with Crippen LogP contribution in [0.2, 0.25) is 0 Å². The molecule has 19 heavy (non-hydrogen) atoms. The van der Waals surface area contributed by atoms with E-state index in [0.717, 1.165) is 20.4 Å². The zero-order valence-corrected chi connectivity index (χ0v) is 11.8. The summed E-state index contributed by atoms with van der Waals surface area (Å²) in [6.07, 6.45) is 1.75. The molecule has 0 fully saturated rings. The lowest BCUT2D eigenvalue weighted by molar-refractivity contribution is 0.991. The van der Waals surface area contributed by atoms with Crippen LogP contribution < -0.4 is 11.3 Å². The highest BCUT2D eigenvalue weighted by molar-refractivity contribution is 8.01. The van der Waals surface area contributed by atoms with Gasteiger partial charge in [-0.3, -0.25) is 5.43 Å². The van der Waals surface area contributed by atoms with E-state index in [1.807, 2.05) is 25.1 Å². The van der Waals surface area contributed by atoms with Gasteiger partial charge in [0.25, 0.3) is 0 Å². The lowest BCUT2D eigenvalue weighted by atomic mass is 10.3. The SMILES string of the molecule is Cc1cnc(NN)nc1Sc1nc2ccccc2s1. The first-order valence-electron chi connectivity index (χ1n) is 5.60. The summed E-state index contributed by atoms with van der Waals surface area (Å²) in [6, 6.07) is 8.08. The Labute approximate surface area is 118 Å². The van der Waals surface area contributed by atoms with Crippen LogP contribution in [0, 0.1) is 6.92 Å². The van der Waals surface area contributed by atoms with Gasteiger partial charge in [0.05, 0.1) is 10.2 Å². The minimum atomic E-state index is 0.411. The molecule has 0 amide bonds. The number of hydrogen-bond acceptors (Lipinski definition) is 7. The number of nitrogens with two attached hydrogens (primary N) is 1. The molecular formula is C12H11N5S2. The molecule has 1 aromatic carbocycles. The standard InChI is InChI=1S/C12H11N5S2/c1-7-6-14-11(17-13)16-10(7)19-12-15-8-4-2-3-5-9(8)18-12/h2-6H,13H2,1H3,(H,14,16,17). The Morgan fingerprint density at radius 1 is 1.26 bits per heavy atom. The maximum atomic E-state index is 5.33. The van der Waals surface area contributed by atoms with E-state index < -0.39 is 0 Å². The van der Waals surface area contributed by atoms with Crippen LogP contribution in [0.1, 0.15) is 5.56 Å². The zero-order valence-electron chi connectivity index (χ0n) is 10.1. The Kier molecular flexibility index (Phi) is 3.33. The van der Waals surface area contributed by atoms with Crippen molar-refractivity contribution in [1.29, 1.82) is 0 Å². The van der Waals surface area contributed by atoms with Crippen molar-refractivity contribution in [3.8, 4) is 0 Å². The molecule has 0 saturated carbocycles. The molecule has 5 nitrogen and oxygen atoms in total. The van der Waals surface area contributed by atoms with Gasteiger partial charge in [0.1, 0.15) is 5.03 Å². The summed E-state index contributed by atoms with van der Waals surface area (Å²) in [5, 5.41) is 0.863. The van der Waals surface area contributed by atoms with Gasteiger partial charge in [0.15, 0.2) is 4.34 Å². The van der Waals surface area contributed by atoms with E-state index >= 15 is 0 Å². The molecule has 0 aliphatic carbocycles. The Balaban J connectivity index is 1.96. The number of aromatic nitrogens is 3. The molecule has 0 aliphatic heterocycles. The van der Waals surface area contributed by atoms with Gasteiger partial charge in [0.2, 0.25) is 5.95 Å². The molecule has 96 valence electrons. The van der Waals surface area contributed by atoms with Gasteiger partial charge in [-0.25, -0.2) is 20.8 Å². The van der Waals surface area contributed by atoms with E-state index in [4.69, 9.17) is 5.84 Å². The van der Waals surface area contributed by atoms with Crippen molar-refractivity contribution in [2.24, 2.45) is 5.84 Å². The highest BCUT2D eigenvalue weighted by Crippen LogP contribution is 2.34. The highest BCUT2D eigenvalue weighted by atomic mass is 32.2. The van der Waals surface area contributed by atoms with Crippen LogP contribution in [-0.2, 0) is 0 Å². The second-order valence-electron chi connectivity index (χ2n) is 3.88. The number of hydrazine groups is 1. The molecule has 0 aliphatic rings. The number of para-hydroxylation sites is 1. The molecule has 0 unspecified atom stereocenters. The number of rotatable bonds is 3. The maximum Gasteiger partial charge on any atom is 0.238 e. The fourth-order valence-electron chi connectivity index (χ4n) is 1.58. The molecular weight excluding hydrogens is 278 g/mol. The summed E-state index contributed by atoms with van der Waals surface area (Å²) in [4.78, 5) is 13.0. The number of aryl methyl sites for hydroxylation is 1. The van der Waals surface area contributed by atoms with Gasteiger partial charge in [-0.05, 0) is 30.8 Å². The Bertz CT molecular complexity index is 692. The third-order valence-corrected chi connectivity index (χ3v) is 4.72. The second-order valence-corrected chi connectivity index (χ2v) is 6.14. The molecule has 0 atom stereocenters. The summed E-state index contributed by atoms with van der Waals surface area (Å²) in [5.41, 5.74) is 4.47. The van der Waals surface area contributed by atoms with Crippen LogP contribution in [-0.4, -0.2) is 15.0 Å². The molecule has 3 rings (SSSR count). The first-order valence-corrected chi connectivity index (χ1v) is 7.23. The fraction of sp³-hybridized carbons (Fsp3) is 0.0833. The summed E-state index contributed by atoms with van der Waals surface area (Å²) in [7, 11) is 0. The van der Waals surface area contributed by atoms with Crippen molar-refractivity contribution in [1.82, 2.24) is 15.0 Å². The normalized spacial score (nSPS) is 10.8. The van der Waals surface area contributed by atoms with E-state index in [9.17, 15) is 0 Å². The quantitative estimate of drug-likeness (QED) is 0.438. The minimum Gasteiger partial charge on any atom is -0.292 e. The topological polar surface area (TPSA) is 76.7 Å². The molecule has 2 heterocycles. The third-order valence-electron chi connectivity index (χ3n) is 2.51. The van der Waals surface area contributed by atoms with Crippen molar-refractivity contribution in [2.45, 2.75) is 16.3 Å². The van der Waals surface area contributed by atoms with Crippen molar-refractivity contribution >= 4 is 39.3 Å².